The Hall–Kier alpha value is -7.04. The van der Waals surface area contributed by atoms with Crippen LogP contribution in [0.3, 0.4) is 0 Å². The molecule has 56 heavy (non-hydrogen) atoms. The van der Waals surface area contributed by atoms with E-state index >= 15 is 0 Å². The highest BCUT2D eigenvalue weighted by Gasteiger charge is 2.48. The molecule has 1 N–H and O–H groups in total. The minimum absolute atomic E-state index is 0.349. The van der Waals surface area contributed by atoms with Crippen molar-refractivity contribution >= 4 is 33.5 Å². The Morgan fingerprint density at radius 2 is 1.21 bits per heavy atom. The Balaban J connectivity index is 1.13. The molecule has 8 aromatic rings. The van der Waals surface area contributed by atoms with E-state index in [1.54, 1.807) is 0 Å². The predicted molar refractivity (Wildman–Crippen MR) is 231 cm³/mol. The number of nitrogens with zero attached hydrogens (tertiary/aromatic N) is 3. The van der Waals surface area contributed by atoms with Gasteiger partial charge in [-0.15, -0.1) is 0 Å². The van der Waals surface area contributed by atoms with Gasteiger partial charge in [-0.25, -0.2) is 9.98 Å². The standard InChI is InChI=1S/C52H38N4/c1-5-17-35(18-6-1)49-53-50(36-19-7-2-8-20-36)55-51(54-49)37-29-31-40(32-30-37)56-46-28-16-14-26-42(46)44-34-33-43-41-25-13-15-27-45(41)52(47(43)48(44)56,38-21-9-3-10-22-38)39-23-11-4-12-24-39/h1-3,5-11,13-34,49H,4,12H2,(H,53,54,55). The van der Waals surface area contributed by atoms with Crippen molar-refractivity contribution in [3.63, 3.8) is 0 Å². The Labute approximate surface area is 326 Å². The molecule has 2 heterocycles. The first kappa shape index (κ1) is 32.4. The first-order chi connectivity index (χ1) is 27.8. The summed E-state index contributed by atoms with van der Waals surface area (Å²) >= 11 is 0. The van der Waals surface area contributed by atoms with E-state index in [1.807, 2.05) is 36.4 Å². The highest BCUT2D eigenvalue weighted by Crippen LogP contribution is 2.59. The van der Waals surface area contributed by atoms with Crippen molar-refractivity contribution in [3.05, 3.63) is 233 Å². The number of fused-ring (bicyclic) bond motifs is 7. The van der Waals surface area contributed by atoms with Crippen LogP contribution in [0.1, 0.15) is 52.4 Å². The van der Waals surface area contributed by atoms with Crippen molar-refractivity contribution in [2.24, 2.45) is 9.98 Å². The number of aliphatic imine (C=N–C) groups is 2. The van der Waals surface area contributed by atoms with Gasteiger partial charge < -0.3 is 9.88 Å². The molecule has 2 atom stereocenters. The third kappa shape index (κ3) is 4.92. The van der Waals surface area contributed by atoms with Crippen LogP contribution in [0.4, 0.5) is 0 Å². The number of nitrogens with one attached hydrogen (secondary N) is 1. The Bertz CT molecular complexity index is 2920. The van der Waals surface area contributed by atoms with Crippen LogP contribution in [-0.4, -0.2) is 16.2 Å². The zero-order valence-electron chi connectivity index (χ0n) is 30.8. The molecule has 7 aromatic carbocycles. The maximum atomic E-state index is 5.16. The zero-order valence-corrected chi connectivity index (χ0v) is 30.8. The molecule has 0 fully saturated rings. The average molecular weight is 719 g/mol. The van der Waals surface area contributed by atoms with E-state index < -0.39 is 5.41 Å². The normalized spacial score (nSPS) is 18.5. The van der Waals surface area contributed by atoms with Crippen LogP contribution in [-0.2, 0) is 5.41 Å². The van der Waals surface area contributed by atoms with E-state index in [0.717, 1.165) is 46.9 Å². The van der Waals surface area contributed by atoms with Gasteiger partial charge in [-0.05, 0) is 76.6 Å². The van der Waals surface area contributed by atoms with Crippen molar-refractivity contribution in [1.29, 1.82) is 0 Å². The van der Waals surface area contributed by atoms with Crippen molar-refractivity contribution in [3.8, 4) is 16.8 Å². The Morgan fingerprint density at radius 3 is 1.96 bits per heavy atom. The van der Waals surface area contributed by atoms with E-state index in [2.05, 4.69) is 168 Å². The molecule has 4 heteroatoms. The molecule has 1 aromatic heterocycles. The van der Waals surface area contributed by atoms with Gasteiger partial charge in [0.15, 0.2) is 6.17 Å². The molecule has 4 nitrogen and oxygen atoms in total. The van der Waals surface area contributed by atoms with Crippen LogP contribution in [0, 0.1) is 0 Å². The van der Waals surface area contributed by atoms with Crippen molar-refractivity contribution in [1.82, 2.24) is 9.88 Å². The summed E-state index contributed by atoms with van der Waals surface area (Å²) in [5.41, 5.74) is 14.0. The maximum absolute atomic E-state index is 5.16. The van der Waals surface area contributed by atoms with Crippen molar-refractivity contribution in [2.75, 3.05) is 0 Å². The summed E-state index contributed by atoms with van der Waals surface area (Å²) in [6.07, 6.45) is 8.96. The lowest BCUT2D eigenvalue weighted by Crippen LogP contribution is -2.36. The predicted octanol–water partition coefficient (Wildman–Crippen LogP) is 11.9. The van der Waals surface area contributed by atoms with Gasteiger partial charge in [0.25, 0.3) is 0 Å². The fourth-order valence-electron chi connectivity index (χ4n) is 9.34. The second-order valence-corrected chi connectivity index (χ2v) is 14.8. The van der Waals surface area contributed by atoms with E-state index in [-0.39, 0.29) is 6.17 Å². The van der Waals surface area contributed by atoms with Gasteiger partial charge in [-0.2, -0.15) is 0 Å². The summed E-state index contributed by atoms with van der Waals surface area (Å²) in [6.45, 7) is 0. The highest BCUT2D eigenvalue weighted by molar-refractivity contribution is 6.16. The third-order valence-corrected chi connectivity index (χ3v) is 11.8. The molecule has 2 aliphatic carbocycles. The van der Waals surface area contributed by atoms with E-state index in [9.17, 15) is 0 Å². The van der Waals surface area contributed by atoms with Crippen molar-refractivity contribution < 1.29 is 0 Å². The average Bonchev–Trinajstić information content (AvgIpc) is 3.79. The number of benzene rings is 7. The van der Waals surface area contributed by atoms with Gasteiger partial charge in [0, 0.05) is 33.2 Å². The number of hydrogen-bond donors (Lipinski definition) is 1. The molecule has 2 unspecified atom stereocenters. The molecule has 0 saturated heterocycles. The van der Waals surface area contributed by atoms with Crippen molar-refractivity contribution in [2.45, 2.75) is 24.4 Å². The second kappa shape index (κ2) is 13.1. The highest BCUT2D eigenvalue weighted by atomic mass is 15.2. The van der Waals surface area contributed by atoms with Crippen LogP contribution in [0.25, 0.3) is 38.6 Å². The molecular formula is C52H38N4. The SMILES string of the molecule is C1=CC(C2(c3ccccc3)c3ccccc3-c3ccc4c5ccccc5n(-c5ccc(C6=NC(c7ccccc7)N=C(c7ccccc7)N6)cc5)c4c32)=CCC1. The summed E-state index contributed by atoms with van der Waals surface area (Å²) in [5.74, 6) is 1.62. The van der Waals surface area contributed by atoms with Gasteiger partial charge >= 0.3 is 0 Å². The number of amidine groups is 2. The molecule has 3 aliphatic rings. The van der Waals surface area contributed by atoms with E-state index in [4.69, 9.17) is 9.98 Å². The third-order valence-electron chi connectivity index (χ3n) is 11.8. The summed E-state index contributed by atoms with van der Waals surface area (Å²) in [6, 6.07) is 63.3. The van der Waals surface area contributed by atoms with Gasteiger partial charge in [-0.3, -0.25) is 0 Å². The summed E-state index contributed by atoms with van der Waals surface area (Å²) in [4.78, 5) is 10.2. The minimum Gasteiger partial charge on any atom is -0.324 e. The Morgan fingerprint density at radius 1 is 0.554 bits per heavy atom. The Kier molecular flexibility index (Phi) is 7.56. The molecule has 0 spiro atoms. The van der Waals surface area contributed by atoms with Gasteiger partial charge in [0.05, 0.1) is 16.4 Å². The van der Waals surface area contributed by atoms with Gasteiger partial charge in [0.2, 0.25) is 0 Å². The lowest BCUT2D eigenvalue weighted by molar-refractivity contribution is 0.754. The molecule has 266 valence electrons. The van der Waals surface area contributed by atoms with Crippen LogP contribution in [0.2, 0.25) is 0 Å². The first-order valence-corrected chi connectivity index (χ1v) is 19.5. The number of rotatable bonds is 6. The summed E-state index contributed by atoms with van der Waals surface area (Å²) < 4.78 is 2.50. The maximum Gasteiger partial charge on any atom is 0.169 e. The fraction of sp³-hybridized carbons (Fsp3) is 0.0769. The van der Waals surface area contributed by atoms with Crippen LogP contribution < -0.4 is 5.32 Å². The first-order valence-electron chi connectivity index (χ1n) is 19.5. The van der Waals surface area contributed by atoms with E-state index in [1.165, 1.54) is 55.2 Å². The van der Waals surface area contributed by atoms with Gasteiger partial charge in [-0.1, -0.05) is 164 Å². The second-order valence-electron chi connectivity index (χ2n) is 14.8. The minimum atomic E-state index is -0.490. The summed E-state index contributed by atoms with van der Waals surface area (Å²) in [5, 5.41) is 6.09. The zero-order chi connectivity index (χ0) is 37.1. The molecule has 0 amide bonds. The van der Waals surface area contributed by atoms with Gasteiger partial charge in [0.1, 0.15) is 11.7 Å². The lowest BCUT2D eigenvalue weighted by atomic mass is 9.66. The van der Waals surface area contributed by atoms with Crippen LogP contribution in [0.5, 0.6) is 0 Å². The topological polar surface area (TPSA) is 41.7 Å². The largest absolute Gasteiger partial charge is 0.324 e. The number of para-hydroxylation sites is 1. The molecule has 11 rings (SSSR count). The van der Waals surface area contributed by atoms with E-state index in [0.29, 0.717) is 0 Å². The number of hydrogen-bond acceptors (Lipinski definition) is 3. The quantitative estimate of drug-likeness (QED) is 0.183. The summed E-state index contributed by atoms with van der Waals surface area (Å²) in [7, 11) is 0. The smallest absolute Gasteiger partial charge is 0.169 e. The monoisotopic (exact) mass is 718 g/mol. The molecule has 0 saturated carbocycles. The van der Waals surface area contributed by atoms with Crippen LogP contribution >= 0.6 is 0 Å². The lowest BCUT2D eigenvalue weighted by Gasteiger charge is -2.36. The molecule has 0 radical (unpaired) electrons. The molecule has 1 aliphatic heterocycles. The number of allylic oxidation sites excluding steroid dienone is 4. The fourth-order valence-corrected chi connectivity index (χ4v) is 9.34. The molecule has 0 bridgehead atoms. The number of aromatic nitrogens is 1. The molecular weight excluding hydrogens is 681 g/mol. The van der Waals surface area contributed by atoms with Crippen LogP contribution in [0.15, 0.2) is 210 Å².